The molecule has 0 spiro atoms. The maximum Gasteiger partial charge on any atom is 0.132 e. The number of amidine groups is 1. The Morgan fingerprint density at radius 1 is 0.469 bits per heavy atom. The SMILES string of the molecule is CC1(C)c2ccccc2-c2ccc(-c3ccc(-c4cc5ccccc5cc4C4=NC(c5ccccc5)NC(c5ccccc5)N4)cc3)cc21. The third-order valence-electron chi connectivity index (χ3n) is 10.4. The zero-order valence-electron chi connectivity index (χ0n) is 27.7. The lowest BCUT2D eigenvalue weighted by atomic mass is 9.81. The molecular formula is C46H37N3. The predicted molar refractivity (Wildman–Crippen MR) is 204 cm³/mol. The molecule has 0 radical (unpaired) electrons. The Bertz CT molecular complexity index is 2360. The van der Waals surface area contributed by atoms with Gasteiger partial charge in [-0.15, -0.1) is 0 Å². The molecule has 0 saturated heterocycles. The van der Waals surface area contributed by atoms with E-state index in [9.17, 15) is 0 Å². The third-order valence-corrected chi connectivity index (χ3v) is 10.4. The smallest absolute Gasteiger partial charge is 0.132 e. The molecule has 2 unspecified atom stereocenters. The molecule has 7 aromatic rings. The van der Waals surface area contributed by atoms with Crippen LogP contribution in [0.4, 0.5) is 0 Å². The molecule has 3 nitrogen and oxygen atoms in total. The van der Waals surface area contributed by atoms with Crippen LogP contribution in [0.1, 0.15) is 54.0 Å². The first-order valence-electron chi connectivity index (χ1n) is 17.1. The van der Waals surface area contributed by atoms with Crippen molar-refractivity contribution in [1.82, 2.24) is 10.6 Å². The van der Waals surface area contributed by atoms with E-state index < -0.39 is 0 Å². The molecule has 0 saturated carbocycles. The highest BCUT2D eigenvalue weighted by atomic mass is 15.3. The molecule has 1 heterocycles. The van der Waals surface area contributed by atoms with Gasteiger partial charge in [0.05, 0.1) is 0 Å². The monoisotopic (exact) mass is 631 g/mol. The molecule has 236 valence electrons. The van der Waals surface area contributed by atoms with Crippen LogP contribution >= 0.6 is 0 Å². The Balaban J connectivity index is 1.13. The number of aliphatic imine (C=N–C) groups is 1. The summed E-state index contributed by atoms with van der Waals surface area (Å²) >= 11 is 0. The van der Waals surface area contributed by atoms with Crippen LogP contribution in [0.15, 0.2) is 169 Å². The zero-order valence-corrected chi connectivity index (χ0v) is 27.7. The van der Waals surface area contributed by atoms with E-state index in [4.69, 9.17) is 4.99 Å². The Hall–Kier alpha value is -5.77. The fourth-order valence-electron chi connectivity index (χ4n) is 7.72. The second-order valence-corrected chi connectivity index (χ2v) is 13.7. The molecule has 0 bridgehead atoms. The summed E-state index contributed by atoms with van der Waals surface area (Å²) in [4.78, 5) is 5.31. The molecular weight excluding hydrogens is 595 g/mol. The first-order chi connectivity index (χ1) is 24.0. The summed E-state index contributed by atoms with van der Waals surface area (Å²) in [5.41, 5.74) is 13.6. The molecule has 7 aromatic carbocycles. The number of benzene rings is 7. The predicted octanol–water partition coefficient (Wildman–Crippen LogP) is 10.8. The average molecular weight is 632 g/mol. The molecule has 3 heteroatoms. The number of hydrogen-bond donors (Lipinski definition) is 2. The molecule has 49 heavy (non-hydrogen) atoms. The fraction of sp³-hybridized carbons (Fsp3) is 0.109. The van der Waals surface area contributed by atoms with Crippen molar-refractivity contribution in [3.05, 3.63) is 192 Å². The molecule has 0 fully saturated rings. The van der Waals surface area contributed by atoms with Crippen LogP contribution in [0.2, 0.25) is 0 Å². The van der Waals surface area contributed by atoms with Gasteiger partial charge in [0.25, 0.3) is 0 Å². The number of hydrogen-bond acceptors (Lipinski definition) is 3. The van der Waals surface area contributed by atoms with Crippen molar-refractivity contribution in [2.24, 2.45) is 4.99 Å². The second kappa shape index (κ2) is 11.7. The van der Waals surface area contributed by atoms with Crippen molar-refractivity contribution in [2.75, 3.05) is 0 Å². The van der Waals surface area contributed by atoms with Crippen molar-refractivity contribution in [3.8, 4) is 33.4 Å². The zero-order chi connectivity index (χ0) is 33.0. The largest absolute Gasteiger partial charge is 0.350 e. The molecule has 2 atom stereocenters. The molecule has 9 rings (SSSR count). The molecule has 0 aromatic heterocycles. The lowest BCUT2D eigenvalue weighted by molar-refractivity contribution is 0.409. The minimum Gasteiger partial charge on any atom is -0.350 e. The number of nitrogens with one attached hydrogen (secondary N) is 2. The lowest BCUT2D eigenvalue weighted by Crippen LogP contribution is -2.45. The summed E-state index contributed by atoms with van der Waals surface area (Å²) in [5.74, 6) is 0.881. The van der Waals surface area contributed by atoms with Gasteiger partial charge in [0, 0.05) is 11.0 Å². The Morgan fingerprint density at radius 2 is 1.04 bits per heavy atom. The number of fused-ring (bicyclic) bond motifs is 4. The summed E-state index contributed by atoms with van der Waals surface area (Å²) < 4.78 is 0. The van der Waals surface area contributed by atoms with Crippen LogP contribution < -0.4 is 10.6 Å². The van der Waals surface area contributed by atoms with Crippen LogP contribution in [-0.4, -0.2) is 5.84 Å². The summed E-state index contributed by atoms with van der Waals surface area (Å²) in [6, 6.07) is 59.1. The highest BCUT2D eigenvalue weighted by molar-refractivity contribution is 6.09. The maximum absolute atomic E-state index is 5.31. The van der Waals surface area contributed by atoms with Gasteiger partial charge in [0.2, 0.25) is 0 Å². The standard InChI is InChI=1S/C46H37N3/c1-46(2)41-20-12-11-19-37(41)38-26-25-36(29-42(38)46)30-21-23-31(24-22-30)39-27-34-17-9-10-18-35(34)28-40(39)45-48-43(32-13-5-3-6-14-32)47-44(49-45)33-15-7-4-8-16-33/h3-29,43-44,47H,1-2H3,(H,48,49). The normalized spacial score (nSPS) is 17.6. The summed E-state index contributed by atoms with van der Waals surface area (Å²) in [7, 11) is 0. The van der Waals surface area contributed by atoms with Gasteiger partial charge >= 0.3 is 0 Å². The fourth-order valence-corrected chi connectivity index (χ4v) is 7.72. The van der Waals surface area contributed by atoms with E-state index in [-0.39, 0.29) is 17.7 Å². The van der Waals surface area contributed by atoms with Gasteiger partial charge in [-0.2, -0.15) is 0 Å². The molecule has 0 amide bonds. The van der Waals surface area contributed by atoms with E-state index in [1.54, 1.807) is 0 Å². The Morgan fingerprint density at radius 3 is 1.78 bits per heavy atom. The van der Waals surface area contributed by atoms with Crippen LogP contribution in [0, 0.1) is 0 Å². The van der Waals surface area contributed by atoms with Gasteiger partial charge in [-0.3, -0.25) is 5.32 Å². The van der Waals surface area contributed by atoms with Gasteiger partial charge < -0.3 is 5.32 Å². The summed E-state index contributed by atoms with van der Waals surface area (Å²) in [6.45, 7) is 4.68. The first-order valence-corrected chi connectivity index (χ1v) is 17.1. The van der Waals surface area contributed by atoms with Crippen LogP contribution in [0.25, 0.3) is 44.2 Å². The van der Waals surface area contributed by atoms with Gasteiger partial charge in [-0.05, 0) is 84.6 Å². The van der Waals surface area contributed by atoms with Crippen LogP contribution in [0.5, 0.6) is 0 Å². The minimum atomic E-state index is -0.195. The average Bonchev–Trinajstić information content (AvgIpc) is 3.40. The Kier molecular flexibility index (Phi) is 7.03. The summed E-state index contributed by atoms with van der Waals surface area (Å²) in [5, 5.41) is 9.91. The van der Waals surface area contributed by atoms with Crippen molar-refractivity contribution < 1.29 is 0 Å². The van der Waals surface area contributed by atoms with Crippen molar-refractivity contribution >= 4 is 16.6 Å². The molecule has 1 aliphatic heterocycles. The highest BCUT2D eigenvalue weighted by Crippen LogP contribution is 2.49. The highest BCUT2D eigenvalue weighted by Gasteiger charge is 2.35. The van der Waals surface area contributed by atoms with E-state index in [1.165, 1.54) is 49.7 Å². The van der Waals surface area contributed by atoms with E-state index in [0.29, 0.717) is 0 Å². The molecule has 1 aliphatic carbocycles. The van der Waals surface area contributed by atoms with Gasteiger partial charge in [-0.25, -0.2) is 4.99 Å². The minimum absolute atomic E-state index is 0.0281. The lowest BCUT2D eigenvalue weighted by Gasteiger charge is -2.33. The summed E-state index contributed by atoms with van der Waals surface area (Å²) in [6.07, 6.45) is -0.296. The second-order valence-electron chi connectivity index (χ2n) is 13.7. The molecule has 2 aliphatic rings. The topological polar surface area (TPSA) is 36.4 Å². The van der Waals surface area contributed by atoms with Gasteiger partial charge in [0.15, 0.2) is 0 Å². The van der Waals surface area contributed by atoms with E-state index in [0.717, 1.165) is 28.1 Å². The van der Waals surface area contributed by atoms with Crippen molar-refractivity contribution in [3.63, 3.8) is 0 Å². The maximum atomic E-state index is 5.31. The number of rotatable bonds is 5. The molecule has 2 N–H and O–H groups in total. The van der Waals surface area contributed by atoms with Crippen molar-refractivity contribution in [2.45, 2.75) is 31.6 Å². The quantitative estimate of drug-likeness (QED) is 0.198. The van der Waals surface area contributed by atoms with E-state index in [1.807, 2.05) is 0 Å². The van der Waals surface area contributed by atoms with Crippen LogP contribution in [0.3, 0.4) is 0 Å². The third kappa shape index (κ3) is 5.15. The van der Waals surface area contributed by atoms with Crippen molar-refractivity contribution in [1.29, 1.82) is 0 Å². The Labute approximate surface area is 288 Å². The van der Waals surface area contributed by atoms with Gasteiger partial charge in [0.1, 0.15) is 18.2 Å². The van der Waals surface area contributed by atoms with E-state index >= 15 is 0 Å². The van der Waals surface area contributed by atoms with Crippen LogP contribution in [-0.2, 0) is 5.41 Å². The van der Waals surface area contributed by atoms with Gasteiger partial charge in [-0.1, -0.05) is 159 Å². The number of nitrogens with zero attached hydrogens (tertiary/aromatic N) is 1. The van der Waals surface area contributed by atoms with E-state index in [2.05, 4.69) is 188 Å². The first kappa shape index (κ1) is 29.4.